The molecule has 6 nitrogen and oxygen atoms in total. The van der Waals surface area contributed by atoms with Gasteiger partial charge in [-0.3, -0.25) is 4.79 Å². The fourth-order valence-corrected chi connectivity index (χ4v) is 3.54. The van der Waals surface area contributed by atoms with E-state index in [-0.39, 0.29) is 12.2 Å². The molecule has 0 unspecified atom stereocenters. The van der Waals surface area contributed by atoms with Crippen LogP contribution >= 0.6 is 0 Å². The van der Waals surface area contributed by atoms with E-state index in [9.17, 15) is 4.79 Å². The molecule has 0 aliphatic carbocycles. The summed E-state index contributed by atoms with van der Waals surface area (Å²) in [6.45, 7) is 4.59. The van der Waals surface area contributed by atoms with Crippen LogP contribution in [-0.2, 0) is 6.42 Å². The van der Waals surface area contributed by atoms with E-state index in [1.165, 1.54) is 0 Å². The molecule has 0 amide bonds. The topological polar surface area (TPSA) is 63.2 Å². The lowest BCUT2D eigenvalue weighted by molar-refractivity contribution is 0.0982. The molecule has 2 aliphatic rings. The van der Waals surface area contributed by atoms with Crippen LogP contribution in [0.5, 0.6) is 28.7 Å². The summed E-state index contributed by atoms with van der Waals surface area (Å²) in [4.78, 5) is 13.2. The van der Waals surface area contributed by atoms with Crippen molar-refractivity contribution in [2.75, 3.05) is 27.4 Å². The van der Waals surface area contributed by atoms with E-state index in [4.69, 9.17) is 23.7 Å². The van der Waals surface area contributed by atoms with Gasteiger partial charge in [0, 0.05) is 18.1 Å². The number of ether oxygens (including phenoxy) is 5. The molecule has 0 N–H and O–H groups in total. The fourth-order valence-electron chi connectivity index (χ4n) is 3.54. The van der Waals surface area contributed by atoms with Crippen molar-refractivity contribution < 1.29 is 28.5 Å². The summed E-state index contributed by atoms with van der Waals surface area (Å²) in [5.74, 6) is 2.86. The van der Waals surface area contributed by atoms with Gasteiger partial charge in [-0.05, 0) is 44.2 Å². The summed E-state index contributed by atoms with van der Waals surface area (Å²) in [5, 5.41) is 0. The summed E-state index contributed by atoms with van der Waals surface area (Å²) in [7, 11) is 3.13. The van der Waals surface area contributed by atoms with Crippen molar-refractivity contribution in [1.82, 2.24) is 0 Å². The fraction of sp³-hybridized carbons (Fsp3) is 0.348. The maximum absolute atomic E-state index is 13.2. The van der Waals surface area contributed by atoms with E-state index in [0.717, 1.165) is 11.1 Å². The van der Waals surface area contributed by atoms with Gasteiger partial charge in [0.25, 0.3) is 0 Å². The Balaban J connectivity index is 1.77. The van der Waals surface area contributed by atoms with Crippen molar-refractivity contribution in [2.24, 2.45) is 0 Å². The molecule has 0 saturated heterocycles. The number of methoxy groups -OCH3 is 2. The molecule has 0 radical (unpaired) electrons. The van der Waals surface area contributed by atoms with Crippen molar-refractivity contribution in [1.29, 1.82) is 0 Å². The Kier molecular flexibility index (Phi) is 4.86. The van der Waals surface area contributed by atoms with Gasteiger partial charge in [0.1, 0.15) is 36.1 Å². The van der Waals surface area contributed by atoms with Crippen molar-refractivity contribution in [3.8, 4) is 28.7 Å². The molecule has 4 rings (SSSR count). The third-order valence-corrected chi connectivity index (χ3v) is 4.99. The van der Waals surface area contributed by atoms with Crippen LogP contribution in [0.4, 0.5) is 0 Å². The molecule has 0 fully saturated rings. The predicted octanol–water partition coefficient (Wildman–Crippen LogP) is 4.08. The zero-order valence-corrected chi connectivity index (χ0v) is 17.0. The van der Waals surface area contributed by atoms with Gasteiger partial charge in [-0.15, -0.1) is 0 Å². The first-order valence-corrected chi connectivity index (χ1v) is 9.51. The first kappa shape index (κ1) is 19.2. The Hall–Kier alpha value is -3.15. The molecule has 2 heterocycles. The van der Waals surface area contributed by atoms with Crippen LogP contribution in [0.3, 0.4) is 0 Å². The molecule has 2 aliphatic heterocycles. The van der Waals surface area contributed by atoms with Gasteiger partial charge in [-0.2, -0.15) is 0 Å². The van der Waals surface area contributed by atoms with Crippen LogP contribution in [0.25, 0.3) is 6.08 Å². The lowest BCUT2D eigenvalue weighted by Crippen LogP contribution is -2.28. The van der Waals surface area contributed by atoms with Gasteiger partial charge < -0.3 is 23.7 Å². The number of Topliss-reactive ketones (excluding diaryl/α,β-unsaturated/α-hetero) is 1. The molecular formula is C23H24O6. The van der Waals surface area contributed by atoms with Crippen molar-refractivity contribution >= 4 is 11.9 Å². The van der Waals surface area contributed by atoms with Crippen LogP contribution in [-0.4, -0.2) is 38.8 Å². The Morgan fingerprint density at radius 2 is 1.69 bits per heavy atom. The molecule has 29 heavy (non-hydrogen) atoms. The molecule has 0 saturated carbocycles. The summed E-state index contributed by atoms with van der Waals surface area (Å²) < 4.78 is 28.6. The van der Waals surface area contributed by atoms with Crippen LogP contribution in [0.1, 0.15) is 35.3 Å². The van der Waals surface area contributed by atoms with Crippen molar-refractivity contribution in [3.63, 3.8) is 0 Å². The third-order valence-electron chi connectivity index (χ3n) is 4.99. The Labute approximate surface area is 170 Å². The number of hydrogen-bond donors (Lipinski definition) is 0. The van der Waals surface area contributed by atoms with Gasteiger partial charge in [0.2, 0.25) is 0 Å². The van der Waals surface area contributed by atoms with Crippen LogP contribution in [0, 0.1) is 0 Å². The van der Waals surface area contributed by atoms with E-state index in [2.05, 4.69) is 0 Å². The third kappa shape index (κ3) is 3.62. The SMILES string of the molecule is COc1cc2c(cc1OC)OCCOc1c(ccc3c1C=CC(C)(C)O3)C(=O)C2. The van der Waals surface area contributed by atoms with Gasteiger partial charge in [0.15, 0.2) is 17.3 Å². The number of fused-ring (bicyclic) bond motifs is 4. The van der Waals surface area contributed by atoms with Crippen LogP contribution in [0.2, 0.25) is 0 Å². The summed E-state index contributed by atoms with van der Waals surface area (Å²) >= 11 is 0. The normalized spacial score (nSPS) is 16.9. The quantitative estimate of drug-likeness (QED) is 0.762. The van der Waals surface area contributed by atoms with Gasteiger partial charge in [0.05, 0.1) is 25.3 Å². The van der Waals surface area contributed by atoms with Crippen molar-refractivity contribution in [2.45, 2.75) is 25.9 Å². The summed E-state index contributed by atoms with van der Waals surface area (Å²) in [5.41, 5.74) is 1.65. The largest absolute Gasteiger partial charge is 0.493 e. The van der Waals surface area contributed by atoms with E-state index < -0.39 is 5.60 Å². The van der Waals surface area contributed by atoms with Crippen LogP contribution < -0.4 is 23.7 Å². The lowest BCUT2D eigenvalue weighted by Gasteiger charge is -2.29. The minimum absolute atomic E-state index is 0.0694. The Morgan fingerprint density at radius 3 is 2.45 bits per heavy atom. The van der Waals surface area contributed by atoms with Gasteiger partial charge >= 0.3 is 0 Å². The van der Waals surface area contributed by atoms with Crippen LogP contribution in [0.15, 0.2) is 30.3 Å². The summed E-state index contributed by atoms with van der Waals surface area (Å²) in [6, 6.07) is 7.14. The lowest BCUT2D eigenvalue weighted by atomic mass is 9.95. The highest BCUT2D eigenvalue weighted by Crippen LogP contribution is 2.41. The van der Waals surface area contributed by atoms with Crippen molar-refractivity contribution in [3.05, 3.63) is 47.0 Å². The minimum Gasteiger partial charge on any atom is -0.493 e. The molecule has 0 spiro atoms. The Bertz CT molecular complexity index is 989. The number of carbonyl (C=O) groups is 1. The highest BCUT2D eigenvalue weighted by molar-refractivity contribution is 6.02. The number of carbonyl (C=O) groups excluding carboxylic acids is 1. The Morgan fingerprint density at radius 1 is 0.966 bits per heavy atom. The maximum Gasteiger partial charge on any atom is 0.171 e. The second-order valence-electron chi connectivity index (χ2n) is 7.50. The molecule has 2 aromatic rings. The molecule has 2 aromatic carbocycles. The second kappa shape index (κ2) is 7.35. The van der Waals surface area contributed by atoms with E-state index >= 15 is 0 Å². The molecule has 6 heteroatoms. The number of benzene rings is 2. The van der Waals surface area contributed by atoms with E-state index in [1.54, 1.807) is 32.4 Å². The number of rotatable bonds is 2. The number of hydrogen-bond acceptors (Lipinski definition) is 6. The smallest absolute Gasteiger partial charge is 0.171 e. The number of ketones is 1. The first-order chi connectivity index (χ1) is 13.9. The second-order valence-corrected chi connectivity index (χ2v) is 7.50. The zero-order valence-electron chi connectivity index (χ0n) is 17.0. The minimum atomic E-state index is -0.404. The molecule has 0 atom stereocenters. The van der Waals surface area contributed by atoms with Gasteiger partial charge in [-0.25, -0.2) is 0 Å². The van der Waals surface area contributed by atoms with E-state index in [0.29, 0.717) is 47.5 Å². The predicted molar refractivity (Wildman–Crippen MR) is 109 cm³/mol. The standard InChI is InChI=1S/C23H24O6/c1-23(2)8-7-16-18(29-23)6-5-15-17(24)11-14-12-20(25-3)21(26-4)13-19(14)27-9-10-28-22(15)16/h5-8,12-13H,9-11H2,1-4H3. The summed E-state index contributed by atoms with van der Waals surface area (Å²) in [6.07, 6.45) is 4.07. The average Bonchev–Trinajstić information content (AvgIpc) is 2.70. The highest BCUT2D eigenvalue weighted by Gasteiger charge is 2.28. The molecule has 0 bridgehead atoms. The molecule has 152 valence electrons. The molecule has 0 aromatic heterocycles. The van der Waals surface area contributed by atoms with Gasteiger partial charge in [-0.1, -0.05) is 0 Å². The zero-order chi connectivity index (χ0) is 20.6. The average molecular weight is 396 g/mol. The first-order valence-electron chi connectivity index (χ1n) is 9.51. The maximum atomic E-state index is 13.2. The molecular weight excluding hydrogens is 372 g/mol. The van der Waals surface area contributed by atoms with E-state index in [1.807, 2.05) is 32.1 Å². The highest BCUT2D eigenvalue weighted by atomic mass is 16.5. The monoisotopic (exact) mass is 396 g/mol.